The third-order valence-electron chi connectivity index (χ3n) is 4.69. The molecule has 2 aromatic carbocycles. The number of benzene rings is 2. The molecule has 0 saturated carbocycles. The fourth-order valence-corrected chi connectivity index (χ4v) is 3.33. The summed E-state index contributed by atoms with van der Waals surface area (Å²) >= 11 is 3.44. The monoisotopic (exact) mass is 481 g/mol. The molecule has 2 aromatic heterocycles. The first-order valence-corrected chi connectivity index (χ1v) is 10.2. The van der Waals surface area contributed by atoms with Crippen LogP contribution < -0.4 is 20.1 Å². The van der Waals surface area contributed by atoms with Crippen molar-refractivity contribution in [3.05, 3.63) is 64.9 Å². The fraction of sp³-hybridized carbons (Fsp3) is 0.136. The highest BCUT2D eigenvalue weighted by Gasteiger charge is 2.15. The number of imidazole rings is 1. The lowest BCUT2D eigenvalue weighted by Crippen LogP contribution is -2.18. The largest absolute Gasteiger partial charge is 0.493 e. The van der Waals surface area contributed by atoms with Crippen LogP contribution in [0.15, 0.2) is 59.2 Å². The molecule has 0 bridgehead atoms. The number of amides is 1. The van der Waals surface area contributed by atoms with Crippen molar-refractivity contribution in [3.63, 3.8) is 0 Å². The van der Waals surface area contributed by atoms with Gasteiger partial charge in [-0.15, -0.1) is 0 Å². The minimum absolute atomic E-state index is 0.263. The van der Waals surface area contributed by atoms with E-state index in [0.29, 0.717) is 23.2 Å². The van der Waals surface area contributed by atoms with Gasteiger partial charge in [0.1, 0.15) is 11.4 Å². The lowest BCUT2D eigenvalue weighted by atomic mass is 10.2. The molecule has 0 saturated heterocycles. The maximum absolute atomic E-state index is 11.8. The van der Waals surface area contributed by atoms with Crippen LogP contribution in [0.5, 0.6) is 17.2 Å². The van der Waals surface area contributed by atoms with Crippen LogP contribution in [0.4, 0.5) is 11.6 Å². The highest BCUT2D eigenvalue weighted by molar-refractivity contribution is 9.10. The number of carbonyl (C=O) groups is 1. The van der Waals surface area contributed by atoms with Gasteiger partial charge in [0.2, 0.25) is 5.95 Å². The molecule has 158 valence electrons. The third kappa shape index (κ3) is 4.31. The Morgan fingerprint density at radius 3 is 2.58 bits per heavy atom. The Morgan fingerprint density at radius 2 is 1.87 bits per heavy atom. The number of hydrogen-bond acceptors (Lipinski definition) is 6. The second kappa shape index (κ2) is 8.65. The number of hydrogen-bond donors (Lipinski definition) is 2. The summed E-state index contributed by atoms with van der Waals surface area (Å²) < 4.78 is 14.5. The molecule has 0 spiro atoms. The molecule has 4 rings (SSSR count). The molecular weight excluding hydrogens is 462 g/mol. The molecule has 4 aromatic rings. The maximum atomic E-state index is 11.8. The molecule has 31 heavy (non-hydrogen) atoms. The SMILES string of the molecule is CNC(=O)c1cc(Oc2cc3nc(Nc4ccc(Br)cc4)n(C)c3cc2OC)ccn1. The van der Waals surface area contributed by atoms with E-state index in [2.05, 4.69) is 31.5 Å². The molecule has 8 nitrogen and oxygen atoms in total. The first kappa shape index (κ1) is 20.7. The first-order valence-electron chi connectivity index (χ1n) is 9.41. The van der Waals surface area contributed by atoms with Gasteiger partial charge in [-0.2, -0.15) is 0 Å². The van der Waals surface area contributed by atoms with E-state index in [1.54, 1.807) is 32.4 Å². The van der Waals surface area contributed by atoms with Gasteiger partial charge >= 0.3 is 0 Å². The number of carbonyl (C=O) groups excluding carboxylic acids is 1. The summed E-state index contributed by atoms with van der Waals surface area (Å²) in [6.07, 6.45) is 1.52. The van der Waals surface area contributed by atoms with Crippen molar-refractivity contribution in [2.75, 3.05) is 19.5 Å². The second-order valence-electron chi connectivity index (χ2n) is 6.68. The third-order valence-corrected chi connectivity index (χ3v) is 5.21. The Morgan fingerprint density at radius 1 is 1.10 bits per heavy atom. The number of ether oxygens (including phenoxy) is 2. The zero-order valence-electron chi connectivity index (χ0n) is 17.1. The number of aromatic nitrogens is 3. The van der Waals surface area contributed by atoms with Gasteiger partial charge in [-0.05, 0) is 30.3 Å². The Labute approximate surface area is 187 Å². The topological polar surface area (TPSA) is 90.3 Å². The van der Waals surface area contributed by atoms with Crippen molar-refractivity contribution in [1.29, 1.82) is 0 Å². The smallest absolute Gasteiger partial charge is 0.269 e. The molecular formula is C22H20BrN5O3. The van der Waals surface area contributed by atoms with Gasteiger partial charge < -0.3 is 24.7 Å². The number of methoxy groups -OCH3 is 1. The zero-order valence-corrected chi connectivity index (χ0v) is 18.7. The van der Waals surface area contributed by atoms with Crippen LogP contribution in [0.3, 0.4) is 0 Å². The second-order valence-corrected chi connectivity index (χ2v) is 7.59. The molecule has 0 atom stereocenters. The van der Waals surface area contributed by atoms with Gasteiger partial charge in [0.05, 0.1) is 18.1 Å². The molecule has 0 aliphatic rings. The van der Waals surface area contributed by atoms with Gasteiger partial charge in [-0.25, -0.2) is 4.98 Å². The van der Waals surface area contributed by atoms with Gasteiger partial charge in [-0.1, -0.05) is 15.9 Å². The Hall–Kier alpha value is -3.59. The zero-order chi connectivity index (χ0) is 22.0. The maximum Gasteiger partial charge on any atom is 0.269 e. The first-order chi connectivity index (χ1) is 15.0. The Kier molecular flexibility index (Phi) is 5.77. The molecule has 0 unspecified atom stereocenters. The number of nitrogens with zero attached hydrogens (tertiary/aromatic N) is 3. The van der Waals surface area contributed by atoms with E-state index in [1.807, 2.05) is 41.9 Å². The van der Waals surface area contributed by atoms with Crippen LogP contribution in [-0.2, 0) is 7.05 Å². The number of rotatable bonds is 6. The Balaban J connectivity index is 1.68. The van der Waals surface area contributed by atoms with E-state index in [4.69, 9.17) is 14.5 Å². The van der Waals surface area contributed by atoms with Crippen LogP contribution in [0, 0.1) is 0 Å². The van der Waals surface area contributed by atoms with Crippen molar-refractivity contribution >= 4 is 44.5 Å². The summed E-state index contributed by atoms with van der Waals surface area (Å²) in [7, 11) is 5.05. The molecule has 9 heteroatoms. The minimum Gasteiger partial charge on any atom is -0.493 e. The quantitative estimate of drug-likeness (QED) is 0.417. The highest BCUT2D eigenvalue weighted by Crippen LogP contribution is 2.36. The van der Waals surface area contributed by atoms with E-state index in [-0.39, 0.29) is 11.6 Å². The summed E-state index contributed by atoms with van der Waals surface area (Å²) in [5.41, 5.74) is 2.80. The number of pyridine rings is 1. The summed E-state index contributed by atoms with van der Waals surface area (Å²) in [6.45, 7) is 0. The van der Waals surface area contributed by atoms with Gasteiger partial charge in [0, 0.05) is 48.7 Å². The number of nitrogens with one attached hydrogen (secondary N) is 2. The number of anilines is 2. The van der Waals surface area contributed by atoms with Crippen LogP contribution in [0.25, 0.3) is 11.0 Å². The molecule has 2 N–H and O–H groups in total. The average molecular weight is 482 g/mol. The average Bonchev–Trinajstić information content (AvgIpc) is 3.08. The van der Waals surface area contributed by atoms with Crippen LogP contribution in [0.2, 0.25) is 0 Å². The van der Waals surface area contributed by atoms with Crippen molar-refractivity contribution in [1.82, 2.24) is 19.9 Å². The van der Waals surface area contributed by atoms with E-state index >= 15 is 0 Å². The predicted molar refractivity (Wildman–Crippen MR) is 122 cm³/mol. The van der Waals surface area contributed by atoms with E-state index in [1.165, 1.54) is 6.20 Å². The highest BCUT2D eigenvalue weighted by atomic mass is 79.9. The molecule has 0 fully saturated rings. The summed E-state index contributed by atoms with van der Waals surface area (Å²) in [5, 5.41) is 5.87. The van der Waals surface area contributed by atoms with Gasteiger partial charge in [0.25, 0.3) is 5.91 Å². The van der Waals surface area contributed by atoms with Crippen molar-refractivity contribution in [3.8, 4) is 17.2 Å². The van der Waals surface area contributed by atoms with Crippen molar-refractivity contribution in [2.45, 2.75) is 0 Å². The normalized spacial score (nSPS) is 10.7. The number of halogens is 1. The lowest BCUT2D eigenvalue weighted by molar-refractivity contribution is 0.0958. The molecule has 0 radical (unpaired) electrons. The summed E-state index contributed by atoms with van der Waals surface area (Å²) in [4.78, 5) is 20.6. The van der Waals surface area contributed by atoms with E-state index in [9.17, 15) is 4.79 Å². The Bertz CT molecular complexity index is 1250. The number of aryl methyl sites for hydroxylation is 1. The summed E-state index contributed by atoms with van der Waals surface area (Å²) in [6, 6.07) is 14.8. The van der Waals surface area contributed by atoms with Crippen LogP contribution >= 0.6 is 15.9 Å². The van der Waals surface area contributed by atoms with Gasteiger partial charge in [-0.3, -0.25) is 9.78 Å². The summed E-state index contributed by atoms with van der Waals surface area (Å²) in [5.74, 6) is 1.89. The molecule has 0 aliphatic heterocycles. The lowest BCUT2D eigenvalue weighted by Gasteiger charge is -2.11. The standard InChI is InChI=1S/C22H20BrN5O3/c1-24-21(29)17-10-15(8-9-25-17)31-20-11-16-18(12-19(20)30-3)28(2)22(27-16)26-14-6-4-13(23)5-7-14/h4-12H,1-3H3,(H,24,29)(H,26,27). The minimum atomic E-state index is -0.291. The van der Waals surface area contributed by atoms with Gasteiger partial charge in [0.15, 0.2) is 11.5 Å². The van der Waals surface area contributed by atoms with Crippen LogP contribution in [-0.4, -0.2) is 34.6 Å². The predicted octanol–water partition coefficient (Wildman–Crippen LogP) is 4.63. The molecule has 0 aliphatic carbocycles. The van der Waals surface area contributed by atoms with Crippen LogP contribution in [0.1, 0.15) is 10.5 Å². The fourth-order valence-electron chi connectivity index (χ4n) is 3.07. The molecule has 1 amide bonds. The number of fused-ring (bicyclic) bond motifs is 1. The van der Waals surface area contributed by atoms with E-state index in [0.717, 1.165) is 21.2 Å². The molecule has 2 heterocycles. The van der Waals surface area contributed by atoms with Crippen molar-refractivity contribution < 1.29 is 14.3 Å². The van der Waals surface area contributed by atoms with E-state index < -0.39 is 0 Å². The van der Waals surface area contributed by atoms with Crippen molar-refractivity contribution in [2.24, 2.45) is 7.05 Å².